The summed E-state index contributed by atoms with van der Waals surface area (Å²) in [4.78, 5) is 0. The summed E-state index contributed by atoms with van der Waals surface area (Å²) in [6.45, 7) is 9.47. The van der Waals surface area contributed by atoms with Gasteiger partial charge in [0.15, 0.2) is 0 Å². The Balaban J connectivity index is 3.16. The van der Waals surface area contributed by atoms with Crippen LogP contribution in [0.2, 0.25) is 0 Å². The molecule has 1 nitrogen and oxygen atoms in total. The van der Waals surface area contributed by atoms with E-state index in [-0.39, 0.29) is 0 Å². The highest BCUT2D eigenvalue weighted by Gasteiger charge is 2.05. The molecule has 0 heterocycles. The molecule has 1 aromatic rings. The third-order valence-corrected chi connectivity index (χ3v) is 2.41. The normalized spacial score (nSPS) is 11.6. The molecule has 1 rings (SSSR count). The number of rotatable bonds is 3. The van der Waals surface area contributed by atoms with Gasteiger partial charge in [-0.1, -0.05) is 24.3 Å². The molecule has 14 heavy (non-hydrogen) atoms. The quantitative estimate of drug-likeness (QED) is 0.769. The van der Waals surface area contributed by atoms with E-state index in [4.69, 9.17) is 0 Å². The van der Waals surface area contributed by atoms with Crippen molar-refractivity contribution in [2.75, 3.05) is 6.54 Å². The van der Waals surface area contributed by atoms with Gasteiger partial charge in [-0.3, -0.25) is 0 Å². The van der Waals surface area contributed by atoms with Gasteiger partial charge >= 0.3 is 0 Å². The summed E-state index contributed by atoms with van der Waals surface area (Å²) in [6, 6.07) is 6.42. The summed E-state index contributed by atoms with van der Waals surface area (Å²) in [7, 11) is 0. The summed E-state index contributed by atoms with van der Waals surface area (Å²) in [5.41, 5.74) is 5.25. The van der Waals surface area contributed by atoms with E-state index in [9.17, 15) is 0 Å². The number of allylic oxidation sites excluding steroid dienone is 1. The molecule has 0 amide bonds. The van der Waals surface area contributed by atoms with E-state index >= 15 is 0 Å². The standard InChI is InChI=1S/C13H19N/c1-5-12(14-6-2)13-10(3)8-7-9-11(13)4/h5,7-9,14H,6H2,1-4H3/b12-5+. The van der Waals surface area contributed by atoms with Gasteiger partial charge in [0.05, 0.1) is 0 Å². The summed E-state index contributed by atoms with van der Waals surface area (Å²) >= 11 is 0. The molecule has 76 valence electrons. The Morgan fingerprint density at radius 1 is 1.29 bits per heavy atom. The second-order valence-electron chi connectivity index (χ2n) is 3.50. The number of nitrogens with one attached hydrogen (secondary N) is 1. The molecule has 0 aliphatic rings. The molecule has 1 aromatic carbocycles. The van der Waals surface area contributed by atoms with Gasteiger partial charge in [0.1, 0.15) is 0 Å². The van der Waals surface area contributed by atoms with Gasteiger partial charge in [0.25, 0.3) is 0 Å². The van der Waals surface area contributed by atoms with Gasteiger partial charge in [-0.2, -0.15) is 0 Å². The lowest BCUT2D eigenvalue weighted by molar-refractivity contribution is 0.934. The maximum atomic E-state index is 3.39. The average molecular weight is 189 g/mol. The third kappa shape index (κ3) is 2.16. The van der Waals surface area contributed by atoms with Crippen LogP contribution in [-0.2, 0) is 0 Å². The zero-order valence-corrected chi connectivity index (χ0v) is 9.52. The average Bonchev–Trinajstić information content (AvgIpc) is 2.16. The van der Waals surface area contributed by atoms with Crippen molar-refractivity contribution in [3.05, 3.63) is 41.0 Å². The third-order valence-electron chi connectivity index (χ3n) is 2.41. The Morgan fingerprint density at radius 3 is 2.29 bits per heavy atom. The highest BCUT2D eigenvalue weighted by atomic mass is 14.9. The number of hydrogen-bond acceptors (Lipinski definition) is 1. The van der Waals surface area contributed by atoms with Crippen LogP contribution < -0.4 is 5.32 Å². The molecule has 0 aliphatic heterocycles. The van der Waals surface area contributed by atoms with Gasteiger partial charge in [0.2, 0.25) is 0 Å². The first-order chi connectivity index (χ1) is 6.70. The SMILES string of the molecule is C/C=C(/NCC)c1c(C)cccc1C. The molecule has 0 bridgehead atoms. The first-order valence-corrected chi connectivity index (χ1v) is 5.17. The fourth-order valence-electron chi connectivity index (χ4n) is 1.76. The van der Waals surface area contributed by atoms with Crippen LogP contribution in [0.25, 0.3) is 5.70 Å². The fourth-order valence-corrected chi connectivity index (χ4v) is 1.76. The van der Waals surface area contributed by atoms with Crippen LogP contribution in [0.1, 0.15) is 30.5 Å². The Bertz CT molecular complexity index is 317. The summed E-state index contributed by atoms with van der Waals surface area (Å²) < 4.78 is 0. The van der Waals surface area contributed by atoms with Crippen LogP contribution in [0, 0.1) is 13.8 Å². The van der Waals surface area contributed by atoms with E-state index in [1.54, 1.807) is 0 Å². The Labute approximate surface area is 86.8 Å². The van der Waals surface area contributed by atoms with Crippen molar-refractivity contribution in [1.82, 2.24) is 5.32 Å². The van der Waals surface area contributed by atoms with Gasteiger partial charge in [-0.05, 0) is 38.8 Å². The van der Waals surface area contributed by atoms with Crippen LogP contribution in [0.5, 0.6) is 0 Å². The Morgan fingerprint density at radius 2 is 1.86 bits per heavy atom. The zero-order valence-electron chi connectivity index (χ0n) is 9.52. The van der Waals surface area contributed by atoms with Crippen LogP contribution in [-0.4, -0.2) is 6.54 Å². The molecule has 0 radical (unpaired) electrons. The lowest BCUT2D eigenvalue weighted by Gasteiger charge is -2.14. The molecule has 0 saturated carbocycles. The molecule has 1 N–H and O–H groups in total. The first kappa shape index (κ1) is 10.8. The second-order valence-corrected chi connectivity index (χ2v) is 3.50. The van der Waals surface area contributed by atoms with Crippen molar-refractivity contribution in [2.45, 2.75) is 27.7 Å². The smallest absolute Gasteiger partial charge is 0.0375 e. The predicted molar refractivity (Wildman–Crippen MR) is 63.2 cm³/mol. The molecule has 0 spiro atoms. The predicted octanol–water partition coefficient (Wildman–Crippen LogP) is 3.27. The minimum atomic E-state index is 0.966. The highest BCUT2D eigenvalue weighted by molar-refractivity contribution is 5.69. The topological polar surface area (TPSA) is 12.0 Å². The minimum Gasteiger partial charge on any atom is -0.385 e. The monoisotopic (exact) mass is 189 g/mol. The second kappa shape index (κ2) is 4.85. The first-order valence-electron chi connectivity index (χ1n) is 5.17. The van der Waals surface area contributed by atoms with Crippen LogP contribution in [0.15, 0.2) is 24.3 Å². The maximum Gasteiger partial charge on any atom is 0.0375 e. The minimum absolute atomic E-state index is 0.966. The zero-order chi connectivity index (χ0) is 10.6. The maximum absolute atomic E-state index is 3.39. The van der Waals surface area contributed by atoms with E-state index in [1.165, 1.54) is 22.4 Å². The summed E-state index contributed by atoms with van der Waals surface area (Å²) in [5, 5.41) is 3.39. The molecule has 0 unspecified atom stereocenters. The molecule has 0 saturated heterocycles. The van der Waals surface area contributed by atoms with Crippen LogP contribution >= 0.6 is 0 Å². The van der Waals surface area contributed by atoms with Crippen LogP contribution in [0.3, 0.4) is 0 Å². The van der Waals surface area contributed by atoms with E-state index in [0.29, 0.717) is 0 Å². The van der Waals surface area contributed by atoms with Crippen molar-refractivity contribution in [1.29, 1.82) is 0 Å². The number of hydrogen-bond donors (Lipinski definition) is 1. The van der Waals surface area contributed by atoms with E-state index in [2.05, 4.69) is 57.3 Å². The molecular weight excluding hydrogens is 170 g/mol. The molecule has 0 atom stereocenters. The molecule has 0 fully saturated rings. The summed E-state index contributed by atoms with van der Waals surface area (Å²) in [6.07, 6.45) is 2.14. The lowest BCUT2D eigenvalue weighted by atomic mass is 10.00. The Kier molecular flexibility index (Phi) is 3.75. The molecule has 1 heteroatoms. The molecule has 0 aliphatic carbocycles. The van der Waals surface area contributed by atoms with Crippen molar-refractivity contribution >= 4 is 5.70 Å². The van der Waals surface area contributed by atoms with Crippen molar-refractivity contribution in [3.63, 3.8) is 0 Å². The van der Waals surface area contributed by atoms with Crippen molar-refractivity contribution < 1.29 is 0 Å². The lowest BCUT2D eigenvalue weighted by Crippen LogP contribution is -2.12. The van der Waals surface area contributed by atoms with Gasteiger partial charge < -0.3 is 5.32 Å². The molecular formula is C13H19N. The summed E-state index contributed by atoms with van der Waals surface area (Å²) in [5.74, 6) is 0. The van der Waals surface area contributed by atoms with Crippen molar-refractivity contribution in [3.8, 4) is 0 Å². The molecule has 0 aromatic heterocycles. The van der Waals surface area contributed by atoms with Gasteiger partial charge in [-0.25, -0.2) is 0 Å². The van der Waals surface area contributed by atoms with Crippen LogP contribution in [0.4, 0.5) is 0 Å². The van der Waals surface area contributed by atoms with E-state index in [0.717, 1.165) is 6.54 Å². The van der Waals surface area contributed by atoms with E-state index < -0.39 is 0 Å². The number of benzene rings is 1. The van der Waals surface area contributed by atoms with E-state index in [1.807, 2.05) is 0 Å². The largest absolute Gasteiger partial charge is 0.385 e. The van der Waals surface area contributed by atoms with Crippen molar-refractivity contribution in [2.24, 2.45) is 0 Å². The highest BCUT2D eigenvalue weighted by Crippen LogP contribution is 2.20. The Hall–Kier alpha value is -1.24. The number of aryl methyl sites for hydroxylation is 2. The van der Waals surface area contributed by atoms with Gasteiger partial charge in [0, 0.05) is 17.8 Å². The fraction of sp³-hybridized carbons (Fsp3) is 0.385. The van der Waals surface area contributed by atoms with Gasteiger partial charge in [-0.15, -0.1) is 0 Å².